The van der Waals surface area contributed by atoms with Crippen LogP contribution in [0.4, 0.5) is 5.69 Å². The Morgan fingerprint density at radius 2 is 1.71 bits per heavy atom. The summed E-state index contributed by atoms with van der Waals surface area (Å²) in [5, 5.41) is 14.2. The van der Waals surface area contributed by atoms with E-state index in [1.165, 1.54) is 5.56 Å². The van der Waals surface area contributed by atoms with Gasteiger partial charge >= 0.3 is 0 Å². The van der Waals surface area contributed by atoms with Crippen molar-refractivity contribution < 1.29 is 9.90 Å². The Balaban J connectivity index is 2.05. The lowest BCUT2D eigenvalue weighted by molar-refractivity contribution is 0.102. The normalized spacial score (nSPS) is 10.7. The molecule has 0 heterocycles. The maximum Gasteiger partial charge on any atom is 0.260 e. The Morgan fingerprint density at radius 3 is 2.32 bits per heavy atom. The smallest absolute Gasteiger partial charge is 0.260 e. The third kappa shape index (κ3) is 4.34. The number of rotatable bonds is 5. The minimum atomic E-state index is -0.339. The number of phenolic OH excluding ortho intramolecular Hbond substituents is 1. The highest BCUT2D eigenvalue weighted by Gasteiger charge is 2.22. The first-order chi connectivity index (χ1) is 13.4. The molecule has 3 aromatic rings. The molecule has 0 aromatic heterocycles. The van der Waals surface area contributed by atoms with E-state index in [0.717, 1.165) is 27.3 Å². The van der Waals surface area contributed by atoms with Crippen LogP contribution in [0.15, 0.2) is 59.5 Å². The molecule has 3 nitrogen and oxygen atoms in total. The monoisotopic (exact) mass is 411 g/mol. The van der Waals surface area contributed by atoms with E-state index in [0.29, 0.717) is 16.3 Å². The highest BCUT2D eigenvalue weighted by Crippen LogP contribution is 2.39. The number of halogens is 1. The van der Waals surface area contributed by atoms with E-state index in [1.54, 1.807) is 42.1 Å². The van der Waals surface area contributed by atoms with Crippen LogP contribution in [0, 0.1) is 13.8 Å². The van der Waals surface area contributed by atoms with E-state index in [9.17, 15) is 9.90 Å². The first kappa shape index (κ1) is 20.3. The van der Waals surface area contributed by atoms with Crippen LogP contribution in [0.5, 0.6) is 5.75 Å². The highest BCUT2D eigenvalue weighted by atomic mass is 35.5. The number of aryl methyl sites for hydroxylation is 1. The minimum Gasteiger partial charge on any atom is -0.507 e. The fourth-order valence-corrected chi connectivity index (χ4v) is 4.13. The summed E-state index contributed by atoms with van der Waals surface area (Å²) in [5.41, 5.74) is 5.02. The number of hydrogen-bond donors (Lipinski definition) is 2. The molecule has 5 heteroatoms. The number of hydrogen-bond acceptors (Lipinski definition) is 3. The van der Waals surface area contributed by atoms with Gasteiger partial charge in [0.25, 0.3) is 5.91 Å². The van der Waals surface area contributed by atoms with Crippen LogP contribution in [0.1, 0.15) is 28.4 Å². The Hall–Kier alpha value is -2.43. The number of anilines is 1. The van der Waals surface area contributed by atoms with Crippen molar-refractivity contribution in [2.24, 2.45) is 0 Å². The molecule has 0 spiro atoms. The van der Waals surface area contributed by atoms with E-state index in [1.807, 2.05) is 45.0 Å². The molecule has 0 aliphatic rings. The fraction of sp³-hybridized carbons (Fsp3) is 0.174. The number of nitrogens with one attached hydrogen (secondary N) is 1. The van der Waals surface area contributed by atoms with Crippen molar-refractivity contribution in [2.45, 2.75) is 25.7 Å². The standard InChI is InChI=1S/C23H22ClNO2S/c1-4-28-22-15(3)19(16-7-5-14(2)6-8-16)13-20(26)21(22)23(27)25-18-11-9-17(24)10-12-18/h5-13,26H,4H2,1-3H3,(H,25,27). The first-order valence-electron chi connectivity index (χ1n) is 9.04. The van der Waals surface area contributed by atoms with Crippen LogP contribution < -0.4 is 5.32 Å². The molecule has 0 unspecified atom stereocenters. The number of carbonyl (C=O) groups is 1. The molecule has 144 valence electrons. The molecule has 0 saturated carbocycles. The Kier molecular flexibility index (Phi) is 6.32. The van der Waals surface area contributed by atoms with E-state index in [-0.39, 0.29) is 11.7 Å². The topological polar surface area (TPSA) is 49.3 Å². The van der Waals surface area contributed by atoms with Gasteiger partial charge in [0, 0.05) is 15.6 Å². The zero-order valence-electron chi connectivity index (χ0n) is 16.0. The zero-order chi connectivity index (χ0) is 20.3. The minimum absolute atomic E-state index is 0.0245. The largest absolute Gasteiger partial charge is 0.507 e. The lowest BCUT2D eigenvalue weighted by Crippen LogP contribution is -2.14. The molecule has 0 saturated heterocycles. The van der Waals surface area contributed by atoms with Crippen molar-refractivity contribution in [1.82, 2.24) is 0 Å². The van der Waals surface area contributed by atoms with Crippen LogP contribution >= 0.6 is 23.4 Å². The number of aromatic hydroxyl groups is 1. The first-order valence-corrected chi connectivity index (χ1v) is 10.4. The SMILES string of the molecule is CCSc1c(C)c(-c2ccc(C)cc2)cc(O)c1C(=O)Nc1ccc(Cl)cc1. The van der Waals surface area contributed by atoms with Gasteiger partial charge in [-0.2, -0.15) is 0 Å². The zero-order valence-corrected chi connectivity index (χ0v) is 17.6. The molecular formula is C23H22ClNO2S. The van der Waals surface area contributed by atoms with Gasteiger partial charge in [-0.3, -0.25) is 4.79 Å². The van der Waals surface area contributed by atoms with E-state index < -0.39 is 0 Å². The molecule has 2 N–H and O–H groups in total. The molecule has 3 rings (SSSR count). The van der Waals surface area contributed by atoms with Crippen LogP contribution in [-0.4, -0.2) is 16.8 Å². The summed E-state index contributed by atoms with van der Waals surface area (Å²) >= 11 is 7.46. The second-order valence-electron chi connectivity index (χ2n) is 6.53. The van der Waals surface area contributed by atoms with Crippen LogP contribution in [-0.2, 0) is 0 Å². The fourth-order valence-electron chi connectivity index (χ4n) is 3.05. The van der Waals surface area contributed by atoms with Gasteiger partial charge in [-0.25, -0.2) is 0 Å². The Morgan fingerprint density at radius 1 is 1.07 bits per heavy atom. The van der Waals surface area contributed by atoms with Crippen molar-refractivity contribution in [2.75, 3.05) is 11.1 Å². The average Bonchev–Trinajstić information content (AvgIpc) is 2.67. The van der Waals surface area contributed by atoms with Gasteiger partial charge in [0.2, 0.25) is 0 Å². The van der Waals surface area contributed by atoms with E-state index in [2.05, 4.69) is 5.32 Å². The van der Waals surface area contributed by atoms with Crippen molar-refractivity contribution in [1.29, 1.82) is 0 Å². The lowest BCUT2D eigenvalue weighted by atomic mass is 9.96. The average molecular weight is 412 g/mol. The van der Waals surface area contributed by atoms with Crippen molar-refractivity contribution >= 4 is 35.0 Å². The van der Waals surface area contributed by atoms with Crippen molar-refractivity contribution in [3.8, 4) is 16.9 Å². The summed E-state index contributed by atoms with van der Waals surface area (Å²) in [6.45, 7) is 6.06. The number of thioether (sulfide) groups is 1. The summed E-state index contributed by atoms with van der Waals surface area (Å²) < 4.78 is 0. The summed E-state index contributed by atoms with van der Waals surface area (Å²) in [5.74, 6) is 0.427. The predicted octanol–water partition coefficient (Wildman–Crippen LogP) is 6.69. The van der Waals surface area contributed by atoms with Gasteiger partial charge in [0.05, 0.1) is 5.56 Å². The van der Waals surface area contributed by atoms with Crippen LogP contribution in [0.2, 0.25) is 5.02 Å². The molecule has 0 aliphatic heterocycles. The summed E-state index contributed by atoms with van der Waals surface area (Å²) in [4.78, 5) is 13.7. The van der Waals surface area contributed by atoms with Gasteiger partial charge in [-0.05, 0) is 66.6 Å². The molecule has 0 fully saturated rings. The summed E-state index contributed by atoms with van der Waals surface area (Å²) in [6.07, 6.45) is 0. The van der Waals surface area contributed by atoms with Crippen molar-refractivity contribution in [3.05, 3.63) is 76.3 Å². The van der Waals surface area contributed by atoms with Crippen LogP contribution in [0.25, 0.3) is 11.1 Å². The molecular weight excluding hydrogens is 390 g/mol. The maximum absolute atomic E-state index is 12.9. The number of phenols is 1. The molecule has 1 amide bonds. The molecule has 0 aliphatic carbocycles. The number of carbonyl (C=O) groups excluding carboxylic acids is 1. The van der Waals surface area contributed by atoms with Gasteiger partial charge < -0.3 is 10.4 Å². The molecule has 0 atom stereocenters. The van der Waals surface area contributed by atoms with Gasteiger partial charge in [-0.15, -0.1) is 11.8 Å². The Bertz CT molecular complexity index is 999. The lowest BCUT2D eigenvalue weighted by Gasteiger charge is -2.18. The van der Waals surface area contributed by atoms with Gasteiger partial charge in [0.1, 0.15) is 5.75 Å². The third-order valence-electron chi connectivity index (χ3n) is 4.49. The highest BCUT2D eigenvalue weighted by molar-refractivity contribution is 7.99. The number of amides is 1. The summed E-state index contributed by atoms with van der Waals surface area (Å²) in [7, 11) is 0. The second kappa shape index (κ2) is 8.72. The van der Waals surface area contributed by atoms with E-state index >= 15 is 0 Å². The van der Waals surface area contributed by atoms with E-state index in [4.69, 9.17) is 11.6 Å². The second-order valence-corrected chi connectivity index (χ2v) is 8.24. The number of benzene rings is 3. The third-order valence-corrected chi connectivity index (χ3v) is 5.83. The predicted molar refractivity (Wildman–Crippen MR) is 119 cm³/mol. The molecule has 0 bridgehead atoms. The van der Waals surface area contributed by atoms with Crippen LogP contribution in [0.3, 0.4) is 0 Å². The molecule has 28 heavy (non-hydrogen) atoms. The van der Waals surface area contributed by atoms with Gasteiger partial charge in [-0.1, -0.05) is 48.4 Å². The molecule has 0 radical (unpaired) electrons. The maximum atomic E-state index is 12.9. The van der Waals surface area contributed by atoms with Gasteiger partial charge in [0.15, 0.2) is 0 Å². The van der Waals surface area contributed by atoms with Crippen molar-refractivity contribution in [3.63, 3.8) is 0 Å². The Labute approximate surface area is 174 Å². The molecule has 3 aromatic carbocycles. The summed E-state index contributed by atoms with van der Waals surface area (Å²) in [6, 6.07) is 16.7. The quantitative estimate of drug-likeness (QED) is 0.459.